The average Bonchev–Trinajstić information content (AvgIpc) is 2.75. The second-order valence-electron chi connectivity index (χ2n) is 5.24. The SMILES string of the molecule is CCCc1nc(C2CCCCC2)sc1C(C)N. The van der Waals surface area contributed by atoms with Crippen LogP contribution in [0.15, 0.2) is 0 Å². The van der Waals surface area contributed by atoms with Crippen LogP contribution in [0.5, 0.6) is 0 Å². The molecule has 1 aromatic heterocycles. The maximum Gasteiger partial charge on any atom is 0.0962 e. The van der Waals surface area contributed by atoms with Crippen molar-refractivity contribution in [3.05, 3.63) is 15.6 Å². The zero-order chi connectivity index (χ0) is 12.3. The van der Waals surface area contributed by atoms with Crippen molar-refractivity contribution < 1.29 is 0 Å². The van der Waals surface area contributed by atoms with Gasteiger partial charge < -0.3 is 5.73 Å². The highest BCUT2D eigenvalue weighted by Gasteiger charge is 2.22. The maximum atomic E-state index is 6.06. The van der Waals surface area contributed by atoms with Gasteiger partial charge in [-0.05, 0) is 26.2 Å². The molecule has 17 heavy (non-hydrogen) atoms. The minimum absolute atomic E-state index is 0.145. The molecule has 1 aliphatic rings. The Morgan fingerprint density at radius 3 is 2.65 bits per heavy atom. The van der Waals surface area contributed by atoms with Crippen molar-refractivity contribution in [3.8, 4) is 0 Å². The first-order chi connectivity index (χ1) is 8.22. The molecule has 0 aliphatic heterocycles. The molecule has 0 aromatic carbocycles. The van der Waals surface area contributed by atoms with Crippen LogP contribution in [0.2, 0.25) is 0 Å². The van der Waals surface area contributed by atoms with Gasteiger partial charge in [0.2, 0.25) is 0 Å². The quantitative estimate of drug-likeness (QED) is 0.873. The molecule has 0 bridgehead atoms. The van der Waals surface area contributed by atoms with E-state index in [1.807, 2.05) is 11.3 Å². The largest absolute Gasteiger partial charge is 0.323 e. The van der Waals surface area contributed by atoms with E-state index in [0.717, 1.165) is 18.8 Å². The first-order valence-corrected chi connectivity index (χ1v) is 7.79. The lowest BCUT2D eigenvalue weighted by Crippen LogP contribution is -2.05. The number of aryl methyl sites for hydroxylation is 1. The summed E-state index contributed by atoms with van der Waals surface area (Å²) in [4.78, 5) is 6.21. The van der Waals surface area contributed by atoms with Crippen LogP contribution in [0.3, 0.4) is 0 Å². The number of nitrogens with two attached hydrogens (primary N) is 1. The van der Waals surface area contributed by atoms with Crippen LogP contribution in [0.4, 0.5) is 0 Å². The summed E-state index contributed by atoms with van der Waals surface area (Å²) in [6.07, 6.45) is 9.06. The van der Waals surface area contributed by atoms with E-state index in [1.54, 1.807) is 0 Å². The van der Waals surface area contributed by atoms with Gasteiger partial charge in [-0.15, -0.1) is 11.3 Å². The Kier molecular flexibility index (Phi) is 4.57. The van der Waals surface area contributed by atoms with E-state index in [1.165, 1.54) is 47.7 Å². The van der Waals surface area contributed by atoms with E-state index in [2.05, 4.69) is 13.8 Å². The van der Waals surface area contributed by atoms with Gasteiger partial charge in [-0.2, -0.15) is 0 Å². The fraction of sp³-hybridized carbons (Fsp3) is 0.786. The topological polar surface area (TPSA) is 38.9 Å². The van der Waals surface area contributed by atoms with E-state index < -0.39 is 0 Å². The molecule has 0 amide bonds. The van der Waals surface area contributed by atoms with E-state index in [4.69, 9.17) is 10.7 Å². The van der Waals surface area contributed by atoms with E-state index in [0.29, 0.717) is 0 Å². The van der Waals surface area contributed by atoms with Gasteiger partial charge in [0.15, 0.2) is 0 Å². The minimum atomic E-state index is 0.145. The lowest BCUT2D eigenvalue weighted by atomic mass is 9.90. The normalized spacial score (nSPS) is 19.5. The van der Waals surface area contributed by atoms with Crippen LogP contribution < -0.4 is 5.73 Å². The first kappa shape index (κ1) is 13.0. The fourth-order valence-electron chi connectivity index (χ4n) is 2.68. The fourth-order valence-corrected chi connectivity index (χ4v) is 3.91. The molecular weight excluding hydrogens is 228 g/mol. The van der Waals surface area contributed by atoms with Gasteiger partial charge >= 0.3 is 0 Å². The smallest absolute Gasteiger partial charge is 0.0962 e. The molecule has 1 fully saturated rings. The number of hydrogen-bond donors (Lipinski definition) is 1. The lowest BCUT2D eigenvalue weighted by Gasteiger charge is -2.18. The molecular formula is C14H24N2S. The van der Waals surface area contributed by atoms with Gasteiger partial charge in [-0.3, -0.25) is 0 Å². The molecule has 96 valence electrons. The number of rotatable bonds is 4. The molecule has 1 heterocycles. The molecule has 1 aromatic rings. The second kappa shape index (κ2) is 5.96. The first-order valence-electron chi connectivity index (χ1n) is 6.97. The summed E-state index contributed by atoms with van der Waals surface area (Å²) in [7, 11) is 0. The van der Waals surface area contributed by atoms with Crippen LogP contribution in [-0.4, -0.2) is 4.98 Å². The Bertz CT molecular complexity index is 351. The Hall–Kier alpha value is -0.410. The van der Waals surface area contributed by atoms with Crippen LogP contribution >= 0.6 is 11.3 Å². The van der Waals surface area contributed by atoms with E-state index >= 15 is 0 Å². The molecule has 1 saturated carbocycles. The predicted octanol–water partition coefficient (Wildman–Crippen LogP) is 4.16. The molecule has 2 rings (SSSR count). The van der Waals surface area contributed by atoms with E-state index in [9.17, 15) is 0 Å². The number of hydrogen-bond acceptors (Lipinski definition) is 3. The van der Waals surface area contributed by atoms with Crippen LogP contribution in [0.1, 0.15) is 79.9 Å². The van der Waals surface area contributed by atoms with Crippen molar-refractivity contribution in [2.24, 2.45) is 5.73 Å². The molecule has 0 spiro atoms. The summed E-state index contributed by atoms with van der Waals surface area (Å²) in [5.74, 6) is 0.719. The monoisotopic (exact) mass is 252 g/mol. The van der Waals surface area contributed by atoms with Crippen molar-refractivity contribution in [2.75, 3.05) is 0 Å². The van der Waals surface area contributed by atoms with Crippen molar-refractivity contribution in [2.45, 2.75) is 70.8 Å². The maximum absolute atomic E-state index is 6.06. The summed E-state index contributed by atoms with van der Waals surface area (Å²) in [6, 6.07) is 0.145. The van der Waals surface area contributed by atoms with Crippen molar-refractivity contribution in [1.29, 1.82) is 0 Å². The highest BCUT2D eigenvalue weighted by molar-refractivity contribution is 7.11. The molecule has 0 saturated heterocycles. The zero-order valence-electron chi connectivity index (χ0n) is 11.0. The Morgan fingerprint density at radius 1 is 1.35 bits per heavy atom. The van der Waals surface area contributed by atoms with Gasteiger partial charge in [0.25, 0.3) is 0 Å². The average molecular weight is 252 g/mol. The summed E-state index contributed by atoms with van der Waals surface area (Å²) < 4.78 is 0. The standard InChI is InChI=1S/C14H24N2S/c1-3-7-12-13(10(2)15)17-14(16-12)11-8-5-4-6-9-11/h10-11H,3-9,15H2,1-2H3. The highest BCUT2D eigenvalue weighted by atomic mass is 32.1. The number of nitrogens with zero attached hydrogens (tertiary/aromatic N) is 1. The molecule has 1 unspecified atom stereocenters. The van der Waals surface area contributed by atoms with Gasteiger partial charge in [0, 0.05) is 16.8 Å². The highest BCUT2D eigenvalue weighted by Crippen LogP contribution is 2.37. The summed E-state index contributed by atoms with van der Waals surface area (Å²) in [5.41, 5.74) is 7.33. The number of thiazole rings is 1. The third kappa shape index (κ3) is 3.08. The third-order valence-electron chi connectivity index (χ3n) is 3.60. The van der Waals surface area contributed by atoms with Crippen LogP contribution in [-0.2, 0) is 6.42 Å². The minimum Gasteiger partial charge on any atom is -0.323 e. The Morgan fingerprint density at radius 2 is 2.06 bits per heavy atom. The van der Waals surface area contributed by atoms with Crippen LogP contribution in [0.25, 0.3) is 0 Å². The Labute approximate surface area is 109 Å². The molecule has 0 radical (unpaired) electrons. The van der Waals surface area contributed by atoms with Gasteiger partial charge in [0.05, 0.1) is 10.7 Å². The van der Waals surface area contributed by atoms with Crippen molar-refractivity contribution >= 4 is 11.3 Å². The summed E-state index contributed by atoms with van der Waals surface area (Å²) >= 11 is 1.88. The van der Waals surface area contributed by atoms with Gasteiger partial charge in [0.1, 0.15) is 0 Å². The van der Waals surface area contributed by atoms with Gasteiger partial charge in [-0.1, -0.05) is 32.6 Å². The molecule has 1 aliphatic carbocycles. The Balaban J connectivity index is 2.19. The molecule has 1 atom stereocenters. The van der Waals surface area contributed by atoms with Crippen molar-refractivity contribution in [1.82, 2.24) is 4.98 Å². The van der Waals surface area contributed by atoms with Crippen LogP contribution in [0, 0.1) is 0 Å². The predicted molar refractivity (Wildman–Crippen MR) is 74.5 cm³/mol. The zero-order valence-corrected chi connectivity index (χ0v) is 11.9. The second-order valence-corrected chi connectivity index (χ2v) is 6.30. The number of aromatic nitrogens is 1. The molecule has 3 heteroatoms. The van der Waals surface area contributed by atoms with Crippen molar-refractivity contribution in [3.63, 3.8) is 0 Å². The third-order valence-corrected chi connectivity index (χ3v) is 5.06. The molecule has 2 nitrogen and oxygen atoms in total. The van der Waals surface area contributed by atoms with E-state index in [-0.39, 0.29) is 6.04 Å². The summed E-state index contributed by atoms with van der Waals surface area (Å²) in [5, 5.41) is 1.36. The lowest BCUT2D eigenvalue weighted by molar-refractivity contribution is 0.442. The van der Waals surface area contributed by atoms with Gasteiger partial charge in [-0.25, -0.2) is 4.98 Å². The summed E-state index contributed by atoms with van der Waals surface area (Å²) in [6.45, 7) is 4.29. The molecule has 2 N–H and O–H groups in total.